The number of ether oxygens (including phenoxy) is 1. The van der Waals surface area contributed by atoms with Crippen molar-refractivity contribution in [1.29, 1.82) is 0 Å². The molecule has 1 aliphatic carbocycles. The van der Waals surface area contributed by atoms with Crippen molar-refractivity contribution in [2.24, 2.45) is 0 Å². The van der Waals surface area contributed by atoms with E-state index in [-0.39, 0.29) is 12.0 Å². The highest BCUT2D eigenvalue weighted by Gasteiger charge is 2.30. The second-order valence-electron chi connectivity index (χ2n) is 4.76. The van der Waals surface area contributed by atoms with Gasteiger partial charge < -0.3 is 4.74 Å². The Bertz CT molecular complexity index is 424. The minimum absolute atomic E-state index is 0.203. The minimum Gasteiger partial charge on any atom is -0.468 e. The van der Waals surface area contributed by atoms with Crippen molar-refractivity contribution < 1.29 is 9.53 Å². The van der Waals surface area contributed by atoms with Crippen molar-refractivity contribution >= 4 is 5.97 Å². The average Bonchev–Trinajstić information content (AvgIpc) is 3.12. The van der Waals surface area contributed by atoms with Gasteiger partial charge in [-0.1, -0.05) is 23.8 Å². The number of aryl methyl sites for hydroxylation is 2. The highest BCUT2D eigenvalue weighted by atomic mass is 16.5. The van der Waals surface area contributed by atoms with Crippen LogP contribution in [0.5, 0.6) is 0 Å². The fraction of sp³-hybridized carbons (Fsp3) is 0.500. The topological polar surface area (TPSA) is 38.3 Å². The zero-order valence-electron chi connectivity index (χ0n) is 10.6. The van der Waals surface area contributed by atoms with Crippen molar-refractivity contribution in [2.45, 2.75) is 38.8 Å². The molecular formula is C14H19NO2. The van der Waals surface area contributed by atoms with Crippen molar-refractivity contribution in [3.8, 4) is 0 Å². The standard InChI is InChI=1S/C14H19NO2/c1-9-4-5-10(2)12(8-9)13(14(16)17-3)15-11-6-7-11/h4-5,8,11,13,15H,6-7H2,1-3H3. The first-order chi connectivity index (χ1) is 8.11. The van der Waals surface area contributed by atoms with Crippen LogP contribution in [0.2, 0.25) is 0 Å². The SMILES string of the molecule is COC(=O)C(NC1CC1)c1cc(C)ccc1C. The first kappa shape index (κ1) is 12.1. The van der Waals surface area contributed by atoms with Gasteiger partial charge in [0.15, 0.2) is 0 Å². The van der Waals surface area contributed by atoms with E-state index in [9.17, 15) is 4.79 Å². The lowest BCUT2D eigenvalue weighted by molar-refractivity contribution is -0.143. The van der Waals surface area contributed by atoms with Gasteiger partial charge in [0.25, 0.3) is 0 Å². The summed E-state index contributed by atoms with van der Waals surface area (Å²) in [5.74, 6) is -0.203. The summed E-state index contributed by atoms with van der Waals surface area (Å²) >= 11 is 0. The van der Waals surface area contributed by atoms with Gasteiger partial charge in [-0.2, -0.15) is 0 Å². The molecular weight excluding hydrogens is 214 g/mol. The molecule has 0 heterocycles. The Morgan fingerprint density at radius 3 is 2.71 bits per heavy atom. The van der Waals surface area contributed by atoms with E-state index in [0.29, 0.717) is 6.04 Å². The Hall–Kier alpha value is -1.35. The molecule has 1 saturated carbocycles. The Labute approximate surface area is 102 Å². The van der Waals surface area contributed by atoms with E-state index in [2.05, 4.69) is 23.5 Å². The highest BCUT2D eigenvalue weighted by Crippen LogP contribution is 2.27. The van der Waals surface area contributed by atoms with Crippen LogP contribution < -0.4 is 5.32 Å². The Kier molecular flexibility index (Phi) is 3.48. The highest BCUT2D eigenvalue weighted by molar-refractivity contribution is 5.78. The summed E-state index contributed by atoms with van der Waals surface area (Å²) < 4.78 is 4.89. The van der Waals surface area contributed by atoms with Gasteiger partial charge in [-0.05, 0) is 37.8 Å². The zero-order chi connectivity index (χ0) is 12.4. The van der Waals surface area contributed by atoms with Gasteiger partial charge in [0, 0.05) is 6.04 Å². The summed E-state index contributed by atoms with van der Waals surface area (Å²) in [7, 11) is 1.44. The third kappa shape index (κ3) is 2.86. The lowest BCUT2D eigenvalue weighted by Gasteiger charge is -2.19. The molecule has 1 aromatic rings. The maximum Gasteiger partial charge on any atom is 0.327 e. The molecule has 0 saturated heterocycles. The number of hydrogen-bond acceptors (Lipinski definition) is 3. The number of nitrogens with one attached hydrogen (secondary N) is 1. The largest absolute Gasteiger partial charge is 0.468 e. The molecule has 0 radical (unpaired) electrons. The first-order valence-corrected chi connectivity index (χ1v) is 6.03. The predicted octanol–water partition coefficient (Wildman–Crippen LogP) is 2.27. The molecule has 1 fully saturated rings. The van der Waals surface area contributed by atoms with E-state index in [4.69, 9.17) is 4.74 Å². The molecule has 0 bridgehead atoms. The van der Waals surface area contributed by atoms with E-state index in [1.807, 2.05) is 13.8 Å². The predicted molar refractivity (Wildman–Crippen MR) is 66.8 cm³/mol. The second-order valence-corrected chi connectivity index (χ2v) is 4.76. The van der Waals surface area contributed by atoms with E-state index in [0.717, 1.165) is 29.5 Å². The molecule has 3 nitrogen and oxygen atoms in total. The smallest absolute Gasteiger partial charge is 0.327 e. The Morgan fingerprint density at radius 1 is 1.41 bits per heavy atom. The van der Waals surface area contributed by atoms with Gasteiger partial charge >= 0.3 is 5.97 Å². The van der Waals surface area contributed by atoms with Crippen LogP contribution in [-0.2, 0) is 9.53 Å². The molecule has 1 unspecified atom stereocenters. The Morgan fingerprint density at radius 2 is 2.12 bits per heavy atom. The molecule has 0 aliphatic heterocycles. The summed E-state index contributed by atoms with van der Waals surface area (Å²) in [6, 6.07) is 6.32. The van der Waals surface area contributed by atoms with Gasteiger partial charge in [0.05, 0.1) is 7.11 Å². The molecule has 0 aromatic heterocycles. The van der Waals surface area contributed by atoms with Gasteiger partial charge in [0.2, 0.25) is 0 Å². The normalized spacial score (nSPS) is 16.6. The quantitative estimate of drug-likeness (QED) is 0.811. The molecule has 1 aromatic carbocycles. The lowest BCUT2D eigenvalue weighted by Crippen LogP contribution is -2.31. The lowest BCUT2D eigenvalue weighted by atomic mass is 9.99. The second kappa shape index (κ2) is 4.88. The molecule has 92 valence electrons. The van der Waals surface area contributed by atoms with Gasteiger partial charge in [0.1, 0.15) is 6.04 Å². The molecule has 1 atom stereocenters. The number of benzene rings is 1. The number of rotatable bonds is 4. The molecule has 17 heavy (non-hydrogen) atoms. The molecule has 3 heteroatoms. The van der Waals surface area contributed by atoms with Crippen LogP contribution in [-0.4, -0.2) is 19.1 Å². The third-order valence-corrected chi connectivity index (χ3v) is 3.16. The molecule has 1 N–H and O–H groups in total. The molecule has 2 rings (SSSR count). The van der Waals surface area contributed by atoms with Crippen LogP contribution in [0.4, 0.5) is 0 Å². The van der Waals surface area contributed by atoms with Gasteiger partial charge in [-0.15, -0.1) is 0 Å². The van der Waals surface area contributed by atoms with E-state index < -0.39 is 0 Å². The first-order valence-electron chi connectivity index (χ1n) is 6.03. The van der Waals surface area contributed by atoms with Crippen LogP contribution in [0.15, 0.2) is 18.2 Å². The van der Waals surface area contributed by atoms with Crippen LogP contribution in [0.25, 0.3) is 0 Å². The Balaban J connectivity index is 2.29. The van der Waals surface area contributed by atoms with Crippen LogP contribution in [0, 0.1) is 13.8 Å². The zero-order valence-corrected chi connectivity index (χ0v) is 10.6. The molecule has 0 spiro atoms. The monoisotopic (exact) mass is 233 g/mol. The summed E-state index contributed by atoms with van der Waals surface area (Å²) in [6.45, 7) is 4.06. The summed E-state index contributed by atoms with van der Waals surface area (Å²) in [5, 5.41) is 3.35. The summed E-state index contributed by atoms with van der Waals surface area (Å²) in [4.78, 5) is 11.9. The van der Waals surface area contributed by atoms with Crippen LogP contribution >= 0.6 is 0 Å². The number of esters is 1. The number of carbonyl (C=O) groups excluding carboxylic acids is 1. The summed E-state index contributed by atoms with van der Waals surface area (Å²) in [6.07, 6.45) is 2.30. The fourth-order valence-corrected chi connectivity index (χ4v) is 1.96. The minimum atomic E-state index is -0.326. The third-order valence-electron chi connectivity index (χ3n) is 3.16. The maximum atomic E-state index is 11.9. The molecule has 1 aliphatic rings. The van der Waals surface area contributed by atoms with Crippen molar-refractivity contribution in [2.75, 3.05) is 7.11 Å². The maximum absolute atomic E-state index is 11.9. The van der Waals surface area contributed by atoms with Crippen molar-refractivity contribution in [1.82, 2.24) is 5.32 Å². The van der Waals surface area contributed by atoms with Gasteiger partial charge in [-0.25, -0.2) is 4.79 Å². The summed E-state index contributed by atoms with van der Waals surface area (Å²) in [5.41, 5.74) is 3.32. The molecule has 0 amide bonds. The number of carbonyl (C=O) groups is 1. The van der Waals surface area contributed by atoms with Crippen LogP contribution in [0.3, 0.4) is 0 Å². The number of methoxy groups -OCH3 is 1. The van der Waals surface area contributed by atoms with Crippen molar-refractivity contribution in [3.05, 3.63) is 34.9 Å². The van der Waals surface area contributed by atoms with E-state index >= 15 is 0 Å². The fourth-order valence-electron chi connectivity index (χ4n) is 1.96. The van der Waals surface area contributed by atoms with Crippen LogP contribution in [0.1, 0.15) is 35.6 Å². The van der Waals surface area contributed by atoms with E-state index in [1.165, 1.54) is 7.11 Å². The average molecular weight is 233 g/mol. The van der Waals surface area contributed by atoms with E-state index in [1.54, 1.807) is 0 Å². The number of hydrogen-bond donors (Lipinski definition) is 1. The van der Waals surface area contributed by atoms with Gasteiger partial charge in [-0.3, -0.25) is 5.32 Å². The van der Waals surface area contributed by atoms with Crippen molar-refractivity contribution in [3.63, 3.8) is 0 Å².